The van der Waals surface area contributed by atoms with Crippen molar-refractivity contribution in [3.63, 3.8) is 0 Å². The molecule has 2 heterocycles. The van der Waals surface area contributed by atoms with Gasteiger partial charge in [0.1, 0.15) is 11.4 Å². The Labute approximate surface area is 186 Å². The van der Waals surface area contributed by atoms with Crippen molar-refractivity contribution in [2.75, 3.05) is 12.3 Å². The molecule has 3 N–H and O–H groups in total. The maximum Gasteiger partial charge on any atom is 0.274 e. The molecule has 2 aromatic heterocycles. The molecule has 0 aliphatic carbocycles. The van der Waals surface area contributed by atoms with Crippen molar-refractivity contribution in [2.45, 2.75) is 13.3 Å². The second kappa shape index (κ2) is 11.2. The van der Waals surface area contributed by atoms with E-state index < -0.39 is 5.91 Å². The van der Waals surface area contributed by atoms with Crippen LogP contribution in [0.4, 0.5) is 5.82 Å². The number of hydrogen-bond donors (Lipinski definition) is 2. The highest BCUT2D eigenvalue weighted by Gasteiger charge is 2.22. The van der Waals surface area contributed by atoms with Crippen LogP contribution in [0.3, 0.4) is 0 Å². The summed E-state index contributed by atoms with van der Waals surface area (Å²) in [5, 5.41) is 2.87. The zero-order chi connectivity index (χ0) is 22.8. The SMILES string of the molecule is C=N/C=C\C(=C/C)CCNC(=O)c1nc(-c2ccccn2)nc(N)c1Oc1ccccc1. The minimum absolute atomic E-state index is 0.0346. The predicted octanol–water partition coefficient (Wildman–Crippen LogP) is 4.19. The zero-order valence-electron chi connectivity index (χ0n) is 17.7. The fourth-order valence-corrected chi connectivity index (χ4v) is 2.81. The number of aromatic nitrogens is 3. The smallest absolute Gasteiger partial charge is 0.274 e. The lowest BCUT2D eigenvalue weighted by atomic mass is 10.1. The van der Waals surface area contributed by atoms with Gasteiger partial charge in [0.25, 0.3) is 5.91 Å². The van der Waals surface area contributed by atoms with Crippen molar-refractivity contribution in [1.82, 2.24) is 20.3 Å². The van der Waals surface area contributed by atoms with Gasteiger partial charge in [-0.25, -0.2) is 9.97 Å². The van der Waals surface area contributed by atoms with E-state index in [9.17, 15) is 4.79 Å². The summed E-state index contributed by atoms with van der Waals surface area (Å²) in [7, 11) is 0. The molecule has 8 heteroatoms. The standard InChI is InChI=1S/C24H24N6O2/c1-3-17(12-15-26-2)13-16-28-24(31)20-21(32-18-9-5-4-6-10-18)22(25)30-23(29-20)19-11-7-8-14-27-19/h3-12,14-15H,2,13,16H2,1H3,(H,28,31)(H2,25,29,30)/b15-12-,17-3+. The molecule has 0 spiro atoms. The van der Waals surface area contributed by atoms with Crippen LogP contribution in [0.25, 0.3) is 11.5 Å². The van der Waals surface area contributed by atoms with Gasteiger partial charge in [-0.3, -0.25) is 14.8 Å². The summed E-state index contributed by atoms with van der Waals surface area (Å²) in [6.07, 6.45) is 7.61. The zero-order valence-corrected chi connectivity index (χ0v) is 17.7. The van der Waals surface area contributed by atoms with Gasteiger partial charge in [0, 0.05) is 18.9 Å². The number of nitrogens with one attached hydrogen (secondary N) is 1. The summed E-state index contributed by atoms with van der Waals surface area (Å²) >= 11 is 0. The van der Waals surface area contributed by atoms with Gasteiger partial charge in [0.05, 0.1) is 0 Å². The molecule has 0 saturated carbocycles. The van der Waals surface area contributed by atoms with Crippen molar-refractivity contribution in [3.05, 3.63) is 84.3 Å². The number of ether oxygens (including phenoxy) is 1. The monoisotopic (exact) mass is 428 g/mol. The normalized spacial score (nSPS) is 11.3. The van der Waals surface area contributed by atoms with Crippen molar-refractivity contribution in [1.29, 1.82) is 0 Å². The molecule has 32 heavy (non-hydrogen) atoms. The molecule has 3 rings (SSSR count). The van der Waals surface area contributed by atoms with E-state index in [4.69, 9.17) is 10.5 Å². The number of rotatable bonds is 9. The first-order valence-corrected chi connectivity index (χ1v) is 10.00. The second-order valence-corrected chi connectivity index (χ2v) is 6.61. The van der Waals surface area contributed by atoms with E-state index in [0.717, 1.165) is 5.57 Å². The molecular weight excluding hydrogens is 404 g/mol. The Hall–Kier alpha value is -4.33. The average molecular weight is 428 g/mol. The number of amides is 1. The van der Waals surface area contributed by atoms with Gasteiger partial charge < -0.3 is 15.8 Å². The molecule has 0 saturated heterocycles. The molecule has 0 fully saturated rings. The molecule has 0 aliphatic heterocycles. The molecule has 1 aromatic carbocycles. The molecule has 8 nitrogen and oxygen atoms in total. The van der Waals surface area contributed by atoms with Crippen LogP contribution in [0.2, 0.25) is 0 Å². The van der Waals surface area contributed by atoms with Crippen molar-refractivity contribution in [3.8, 4) is 23.0 Å². The summed E-state index contributed by atoms with van der Waals surface area (Å²) in [6.45, 7) is 5.72. The number of nitrogen functional groups attached to an aromatic ring is 1. The van der Waals surface area contributed by atoms with E-state index in [0.29, 0.717) is 24.4 Å². The van der Waals surface area contributed by atoms with Gasteiger partial charge in [-0.05, 0) is 56.0 Å². The van der Waals surface area contributed by atoms with Gasteiger partial charge in [0.15, 0.2) is 17.3 Å². The molecule has 162 valence electrons. The molecule has 0 radical (unpaired) electrons. The highest BCUT2D eigenvalue weighted by atomic mass is 16.5. The van der Waals surface area contributed by atoms with Crippen LogP contribution in [0.5, 0.6) is 11.5 Å². The first-order valence-electron chi connectivity index (χ1n) is 10.00. The highest BCUT2D eigenvalue weighted by molar-refractivity contribution is 5.97. The highest BCUT2D eigenvalue weighted by Crippen LogP contribution is 2.31. The fraction of sp³-hybridized carbons (Fsp3) is 0.125. The van der Waals surface area contributed by atoms with E-state index in [-0.39, 0.29) is 23.1 Å². The number of carbonyl (C=O) groups excluding carboxylic acids is 1. The molecule has 0 unspecified atom stereocenters. The fourth-order valence-electron chi connectivity index (χ4n) is 2.81. The van der Waals surface area contributed by atoms with Crippen molar-refractivity contribution < 1.29 is 9.53 Å². The number of benzene rings is 1. The molecule has 0 aliphatic rings. The molecule has 3 aromatic rings. The summed E-state index contributed by atoms with van der Waals surface area (Å²) < 4.78 is 5.88. The van der Waals surface area contributed by atoms with Crippen LogP contribution in [-0.2, 0) is 0 Å². The van der Waals surface area contributed by atoms with E-state index in [1.54, 1.807) is 42.7 Å². The number of anilines is 1. The molecular formula is C24H24N6O2. The quantitative estimate of drug-likeness (QED) is 0.390. The lowest BCUT2D eigenvalue weighted by Crippen LogP contribution is -2.27. The van der Waals surface area contributed by atoms with Gasteiger partial charge >= 0.3 is 0 Å². The summed E-state index contributed by atoms with van der Waals surface area (Å²) in [4.78, 5) is 29.7. The molecule has 0 bridgehead atoms. The third kappa shape index (κ3) is 5.85. The second-order valence-electron chi connectivity index (χ2n) is 6.61. The van der Waals surface area contributed by atoms with E-state index >= 15 is 0 Å². The van der Waals surface area contributed by atoms with Crippen molar-refractivity contribution in [2.24, 2.45) is 4.99 Å². The number of para-hydroxylation sites is 1. The lowest BCUT2D eigenvalue weighted by molar-refractivity contribution is 0.0946. The van der Waals surface area contributed by atoms with Crippen LogP contribution in [0.15, 0.2) is 83.6 Å². The van der Waals surface area contributed by atoms with Crippen LogP contribution in [-0.4, -0.2) is 34.1 Å². The predicted molar refractivity (Wildman–Crippen MR) is 126 cm³/mol. The van der Waals surface area contributed by atoms with Crippen LogP contribution >= 0.6 is 0 Å². The first kappa shape index (κ1) is 22.4. The number of nitrogens with zero attached hydrogens (tertiary/aromatic N) is 4. The number of aliphatic imine (C=N–C) groups is 1. The Morgan fingerprint density at radius 2 is 1.97 bits per heavy atom. The Kier molecular flexibility index (Phi) is 7.80. The average Bonchev–Trinajstić information content (AvgIpc) is 2.83. The summed E-state index contributed by atoms with van der Waals surface area (Å²) in [5.41, 5.74) is 7.72. The van der Waals surface area contributed by atoms with Gasteiger partial charge in [-0.15, -0.1) is 0 Å². The summed E-state index contributed by atoms with van der Waals surface area (Å²) in [6, 6.07) is 14.3. The largest absolute Gasteiger partial charge is 0.451 e. The van der Waals surface area contributed by atoms with E-state index in [1.165, 1.54) is 0 Å². The van der Waals surface area contributed by atoms with Crippen LogP contribution in [0, 0.1) is 0 Å². The number of pyridine rings is 1. The molecule has 0 atom stereocenters. The third-order valence-corrected chi connectivity index (χ3v) is 4.43. The van der Waals surface area contributed by atoms with Gasteiger partial charge in [-0.1, -0.05) is 30.3 Å². The van der Waals surface area contributed by atoms with Crippen molar-refractivity contribution >= 4 is 18.4 Å². The lowest BCUT2D eigenvalue weighted by Gasteiger charge is -2.14. The van der Waals surface area contributed by atoms with Crippen LogP contribution in [0.1, 0.15) is 23.8 Å². The maximum absolute atomic E-state index is 13.1. The number of hydrogen-bond acceptors (Lipinski definition) is 7. The Morgan fingerprint density at radius 1 is 1.19 bits per heavy atom. The Bertz CT molecular complexity index is 1130. The first-order chi connectivity index (χ1) is 15.6. The maximum atomic E-state index is 13.1. The Morgan fingerprint density at radius 3 is 2.66 bits per heavy atom. The third-order valence-electron chi connectivity index (χ3n) is 4.43. The van der Waals surface area contributed by atoms with E-state index in [2.05, 4.69) is 32.0 Å². The Balaban J connectivity index is 1.89. The topological polar surface area (TPSA) is 115 Å². The van der Waals surface area contributed by atoms with Crippen LogP contribution < -0.4 is 15.8 Å². The van der Waals surface area contributed by atoms with Gasteiger partial charge in [-0.2, -0.15) is 0 Å². The number of allylic oxidation sites excluding steroid dienone is 2. The summed E-state index contributed by atoms with van der Waals surface area (Å²) in [5.74, 6) is 0.464. The van der Waals surface area contributed by atoms with E-state index in [1.807, 2.05) is 37.3 Å². The number of carbonyl (C=O) groups is 1. The minimum atomic E-state index is -0.427. The van der Waals surface area contributed by atoms with Gasteiger partial charge in [0.2, 0.25) is 5.75 Å². The number of nitrogens with two attached hydrogens (primary N) is 1. The molecule has 1 amide bonds. The minimum Gasteiger partial charge on any atom is -0.451 e.